The number of aryl methyl sites for hydroxylation is 1. The van der Waals surface area contributed by atoms with Crippen LogP contribution in [-0.4, -0.2) is 31.7 Å². The summed E-state index contributed by atoms with van der Waals surface area (Å²) < 4.78 is 27.3. The van der Waals surface area contributed by atoms with Crippen LogP contribution in [-0.2, 0) is 22.9 Å². The van der Waals surface area contributed by atoms with Gasteiger partial charge in [-0.1, -0.05) is 20.3 Å². The average Bonchev–Trinajstić information content (AvgIpc) is 2.92. The highest BCUT2D eigenvalue weighted by atomic mass is 32.2. The molecule has 6 nitrogen and oxygen atoms in total. The lowest BCUT2D eigenvalue weighted by Crippen LogP contribution is -2.32. The molecule has 1 aromatic heterocycles. The van der Waals surface area contributed by atoms with E-state index >= 15 is 0 Å². The Labute approximate surface area is 188 Å². The third-order valence-corrected chi connectivity index (χ3v) is 8.58. The number of carbonyl (C=O) groups is 1. The van der Waals surface area contributed by atoms with Crippen LogP contribution in [0.3, 0.4) is 0 Å². The summed E-state index contributed by atoms with van der Waals surface area (Å²) in [5, 5.41) is 13.1. The van der Waals surface area contributed by atoms with E-state index < -0.39 is 10.0 Å². The minimum Gasteiger partial charge on any atom is -0.312 e. The normalized spacial score (nSPS) is 14.0. The van der Waals surface area contributed by atoms with Crippen molar-refractivity contribution in [2.45, 2.75) is 63.7 Å². The Morgan fingerprint density at radius 2 is 1.74 bits per heavy atom. The Kier molecular flexibility index (Phi) is 7.87. The van der Waals surface area contributed by atoms with E-state index in [1.165, 1.54) is 44.8 Å². The standard InChI is InChI=1S/C23H29N3O3S2/c1-3-14-26(15-4-2)31(28,29)18-12-10-17(11-13-18)22(27)25-23-20(16-24)19-8-6-5-7-9-21(19)30-23/h10-13H,3-9,14-15H2,1-2H3,(H,25,27). The number of hydrogen-bond donors (Lipinski definition) is 1. The molecule has 0 bridgehead atoms. The molecule has 166 valence electrons. The number of nitrogens with zero attached hydrogens (tertiary/aromatic N) is 2. The van der Waals surface area contributed by atoms with Crippen molar-refractivity contribution in [3.8, 4) is 6.07 Å². The van der Waals surface area contributed by atoms with Crippen molar-refractivity contribution < 1.29 is 13.2 Å². The van der Waals surface area contributed by atoms with Crippen LogP contribution in [0.4, 0.5) is 5.00 Å². The van der Waals surface area contributed by atoms with Gasteiger partial charge in [0.05, 0.1) is 10.5 Å². The Bertz CT molecular complexity index is 1060. The quantitative estimate of drug-likeness (QED) is 0.566. The SMILES string of the molecule is CCCN(CCC)S(=O)(=O)c1ccc(C(=O)Nc2sc3c(c2C#N)CCCCC3)cc1. The summed E-state index contributed by atoms with van der Waals surface area (Å²) >= 11 is 1.49. The minimum absolute atomic E-state index is 0.187. The summed E-state index contributed by atoms with van der Waals surface area (Å²) in [6.07, 6.45) is 6.64. The number of nitriles is 1. The first-order chi connectivity index (χ1) is 14.9. The van der Waals surface area contributed by atoms with Crippen LogP contribution in [0.5, 0.6) is 0 Å². The van der Waals surface area contributed by atoms with Gasteiger partial charge in [0.1, 0.15) is 11.1 Å². The maximum absolute atomic E-state index is 12.9. The first kappa shape index (κ1) is 23.5. The van der Waals surface area contributed by atoms with E-state index in [-0.39, 0.29) is 10.8 Å². The van der Waals surface area contributed by atoms with Crippen molar-refractivity contribution in [3.63, 3.8) is 0 Å². The molecule has 0 saturated carbocycles. The predicted molar refractivity (Wildman–Crippen MR) is 124 cm³/mol. The average molecular weight is 460 g/mol. The van der Waals surface area contributed by atoms with Gasteiger partial charge in [-0.3, -0.25) is 4.79 Å². The fourth-order valence-corrected chi connectivity index (χ4v) is 6.76. The van der Waals surface area contributed by atoms with E-state index in [2.05, 4.69) is 11.4 Å². The van der Waals surface area contributed by atoms with E-state index in [1.54, 1.807) is 0 Å². The molecule has 1 N–H and O–H groups in total. The van der Waals surface area contributed by atoms with Crippen LogP contribution in [0.2, 0.25) is 0 Å². The summed E-state index contributed by atoms with van der Waals surface area (Å²) in [6, 6.07) is 8.29. The molecule has 1 aliphatic carbocycles. The van der Waals surface area contributed by atoms with E-state index in [1.807, 2.05) is 13.8 Å². The van der Waals surface area contributed by atoms with Crippen molar-refractivity contribution in [2.24, 2.45) is 0 Å². The monoisotopic (exact) mass is 459 g/mol. The Hall–Kier alpha value is -2.21. The molecule has 0 aliphatic heterocycles. The lowest BCUT2D eigenvalue weighted by atomic mass is 10.1. The van der Waals surface area contributed by atoms with Gasteiger partial charge in [0, 0.05) is 23.5 Å². The second kappa shape index (κ2) is 10.4. The largest absolute Gasteiger partial charge is 0.312 e. The maximum atomic E-state index is 12.9. The van der Waals surface area contributed by atoms with Crippen molar-refractivity contribution in [2.75, 3.05) is 18.4 Å². The third-order valence-electron chi connectivity index (χ3n) is 5.46. The number of thiophene rings is 1. The van der Waals surface area contributed by atoms with Gasteiger partial charge in [0.2, 0.25) is 10.0 Å². The summed E-state index contributed by atoms with van der Waals surface area (Å²) in [5.41, 5.74) is 2.02. The van der Waals surface area contributed by atoms with Crippen molar-refractivity contribution in [1.82, 2.24) is 4.31 Å². The van der Waals surface area contributed by atoms with Crippen molar-refractivity contribution >= 4 is 32.3 Å². The molecule has 2 aromatic rings. The fourth-order valence-electron chi connectivity index (χ4n) is 3.90. The number of sulfonamides is 1. The smallest absolute Gasteiger partial charge is 0.256 e. The summed E-state index contributed by atoms with van der Waals surface area (Å²) in [5.74, 6) is -0.337. The molecule has 1 aromatic carbocycles. The highest BCUT2D eigenvalue weighted by molar-refractivity contribution is 7.89. The molecule has 0 fully saturated rings. The number of nitrogens with one attached hydrogen (secondary N) is 1. The first-order valence-corrected chi connectivity index (χ1v) is 13.1. The number of benzene rings is 1. The van der Waals surface area contributed by atoms with Gasteiger partial charge >= 0.3 is 0 Å². The van der Waals surface area contributed by atoms with Crippen LogP contribution < -0.4 is 5.32 Å². The minimum atomic E-state index is -3.58. The molecular weight excluding hydrogens is 430 g/mol. The topological polar surface area (TPSA) is 90.3 Å². The zero-order valence-electron chi connectivity index (χ0n) is 18.1. The molecule has 3 rings (SSSR count). The summed E-state index contributed by atoms with van der Waals surface area (Å²) in [6.45, 7) is 4.84. The predicted octanol–water partition coefficient (Wildman–Crippen LogP) is 4.95. The van der Waals surface area contributed by atoms with Gasteiger partial charge in [-0.2, -0.15) is 9.57 Å². The van der Waals surface area contributed by atoms with E-state index in [4.69, 9.17) is 0 Å². The summed E-state index contributed by atoms with van der Waals surface area (Å²) in [7, 11) is -3.58. The zero-order valence-corrected chi connectivity index (χ0v) is 19.7. The van der Waals surface area contributed by atoms with Crippen LogP contribution >= 0.6 is 11.3 Å². The van der Waals surface area contributed by atoms with E-state index in [9.17, 15) is 18.5 Å². The second-order valence-corrected chi connectivity index (χ2v) is 10.8. The van der Waals surface area contributed by atoms with Gasteiger partial charge in [0.25, 0.3) is 5.91 Å². The second-order valence-electron chi connectivity index (χ2n) is 7.76. The number of carbonyl (C=O) groups excluding carboxylic acids is 1. The van der Waals surface area contributed by atoms with Gasteiger partial charge in [-0.25, -0.2) is 8.42 Å². The third kappa shape index (κ3) is 5.17. The van der Waals surface area contributed by atoms with E-state index in [0.717, 1.165) is 50.5 Å². The number of amides is 1. The van der Waals surface area contributed by atoms with Crippen LogP contribution in [0.15, 0.2) is 29.2 Å². The molecule has 8 heteroatoms. The maximum Gasteiger partial charge on any atom is 0.256 e. The number of fused-ring (bicyclic) bond motifs is 1. The molecule has 0 unspecified atom stereocenters. The molecule has 0 spiro atoms. The van der Waals surface area contributed by atoms with Crippen molar-refractivity contribution in [1.29, 1.82) is 5.26 Å². The highest BCUT2D eigenvalue weighted by Gasteiger charge is 2.24. The van der Waals surface area contributed by atoms with Crippen LogP contribution in [0, 0.1) is 11.3 Å². The lowest BCUT2D eigenvalue weighted by Gasteiger charge is -2.21. The number of hydrogen-bond acceptors (Lipinski definition) is 5. The molecule has 1 heterocycles. The van der Waals surface area contributed by atoms with Gasteiger partial charge in [0.15, 0.2) is 0 Å². The van der Waals surface area contributed by atoms with Gasteiger partial charge < -0.3 is 5.32 Å². The Morgan fingerprint density at radius 3 is 2.35 bits per heavy atom. The first-order valence-electron chi connectivity index (χ1n) is 10.9. The van der Waals surface area contributed by atoms with E-state index in [0.29, 0.717) is 29.2 Å². The van der Waals surface area contributed by atoms with Crippen molar-refractivity contribution in [3.05, 3.63) is 45.8 Å². The Balaban J connectivity index is 1.79. The molecule has 0 saturated heterocycles. The number of rotatable bonds is 8. The zero-order chi connectivity index (χ0) is 22.4. The Morgan fingerprint density at radius 1 is 1.10 bits per heavy atom. The van der Waals surface area contributed by atoms with Crippen LogP contribution in [0.25, 0.3) is 0 Å². The summed E-state index contributed by atoms with van der Waals surface area (Å²) in [4.78, 5) is 14.2. The van der Waals surface area contributed by atoms with Gasteiger partial charge in [-0.15, -0.1) is 11.3 Å². The molecule has 0 atom stereocenters. The highest BCUT2D eigenvalue weighted by Crippen LogP contribution is 2.37. The number of anilines is 1. The lowest BCUT2D eigenvalue weighted by molar-refractivity contribution is 0.102. The molecule has 31 heavy (non-hydrogen) atoms. The molecule has 1 aliphatic rings. The molecule has 1 amide bonds. The fraction of sp³-hybridized carbons (Fsp3) is 0.478. The van der Waals surface area contributed by atoms with Gasteiger partial charge in [-0.05, 0) is 68.4 Å². The molecule has 0 radical (unpaired) electrons. The molecular formula is C23H29N3O3S2. The van der Waals surface area contributed by atoms with Crippen LogP contribution in [0.1, 0.15) is 72.3 Å².